The number of piperazine rings is 1. The standard InChI is InChI=1S/C28H32F2N4O3S/c1-19(2)33-14-16-34(17-15-33)27-13-6-22(28(35)31-20(3)21-4-7-23(29)8-5-21)18-26(27)32-38(36,37)25-11-9-24(30)10-12-25/h4-13,18-20,32H,14-17H2,1-3H3,(H,31,35). The minimum absolute atomic E-state index is 0.0886. The summed E-state index contributed by atoms with van der Waals surface area (Å²) in [7, 11) is -4.05. The summed E-state index contributed by atoms with van der Waals surface area (Å²) in [5, 5.41) is 2.88. The Kier molecular flexibility index (Phi) is 8.32. The molecular weight excluding hydrogens is 510 g/mol. The summed E-state index contributed by atoms with van der Waals surface area (Å²) >= 11 is 0. The van der Waals surface area contributed by atoms with Gasteiger partial charge in [-0.25, -0.2) is 17.2 Å². The predicted molar refractivity (Wildman–Crippen MR) is 145 cm³/mol. The fraction of sp³-hybridized carbons (Fsp3) is 0.321. The van der Waals surface area contributed by atoms with E-state index in [2.05, 4.69) is 33.7 Å². The molecule has 10 heteroatoms. The van der Waals surface area contributed by atoms with Crippen LogP contribution in [0.2, 0.25) is 0 Å². The summed E-state index contributed by atoms with van der Waals surface area (Å²) in [6.07, 6.45) is 0. The Labute approximate surface area is 222 Å². The molecule has 4 rings (SSSR count). The van der Waals surface area contributed by atoms with Crippen LogP contribution in [0, 0.1) is 11.6 Å². The summed E-state index contributed by atoms with van der Waals surface area (Å²) in [5.74, 6) is -1.31. The van der Waals surface area contributed by atoms with Crippen molar-refractivity contribution >= 4 is 27.3 Å². The maximum Gasteiger partial charge on any atom is 0.261 e. The zero-order chi connectivity index (χ0) is 27.4. The van der Waals surface area contributed by atoms with E-state index in [1.807, 2.05) is 0 Å². The molecule has 38 heavy (non-hydrogen) atoms. The Bertz CT molecular complexity index is 1370. The van der Waals surface area contributed by atoms with Gasteiger partial charge in [0, 0.05) is 37.8 Å². The lowest BCUT2D eigenvalue weighted by Crippen LogP contribution is -2.49. The highest BCUT2D eigenvalue weighted by molar-refractivity contribution is 7.92. The highest BCUT2D eigenvalue weighted by Crippen LogP contribution is 2.31. The molecule has 0 bridgehead atoms. The molecule has 0 spiro atoms. The van der Waals surface area contributed by atoms with Crippen LogP contribution in [0.15, 0.2) is 71.6 Å². The highest BCUT2D eigenvalue weighted by atomic mass is 32.2. The second kappa shape index (κ2) is 11.5. The maximum absolute atomic E-state index is 13.4. The number of rotatable bonds is 8. The minimum atomic E-state index is -4.05. The van der Waals surface area contributed by atoms with Crippen molar-refractivity contribution in [3.8, 4) is 0 Å². The SMILES string of the molecule is CC(NC(=O)c1ccc(N2CCN(C(C)C)CC2)c(NS(=O)(=O)c2ccc(F)cc2)c1)c1ccc(F)cc1. The second-order valence-electron chi connectivity index (χ2n) is 9.65. The number of hydrogen-bond donors (Lipinski definition) is 2. The number of carbonyl (C=O) groups excluding carboxylic acids is 1. The van der Waals surface area contributed by atoms with E-state index in [9.17, 15) is 22.0 Å². The van der Waals surface area contributed by atoms with Crippen molar-refractivity contribution in [2.24, 2.45) is 0 Å². The lowest BCUT2D eigenvalue weighted by atomic mass is 10.1. The summed E-state index contributed by atoms with van der Waals surface area (Å²) in [5.41, 5.74) is 1.91. The third-order valence-corrected chi connectivity index (χ3v) is 8.11. The summed E-state index contributed by atoms with van der Waals surface area (Å²) in [6.45, 7) is 9.08. The van der Waals surface area contributed by atoms with Gasteiger partial charge in [0.15, 0.2) is 0 Å². The van der Waals surface area contributed by atoms with Crippen LogP contribution in [0.3, 0.4) is 0 Å². The average Bonchev–Trinajstić information content (AvgIpc) is 2.89. The molecule has 1 aliphatic heterocycles. The van der Waals surface area contributed by atoms with E-state index in [4.69, 9.17) is 0 Å². The van der Waals surface area contributed by atoms with Gasteiger partial charge in [0.05, 0.1) is 22.3 Å². The predicted octanol–water partition coefficient (Wildman–Crippen LogP) is 4.79. The molecule has 0 aromatic heterocycles. The van der Waals surface area contributed by atoms with Crippen LogP contribution in [0.5, 0.6) is 0 Å². The van der Waals surface area contributed by atoms with E-state index in [-0.39, 0.29) is 22.0 Å². The number of halogens is 2. The molecule has 1 fully saturated rings. The molecule has 1 heterocycles. The molecular formula is C28H32F2N4O3S. The van der Waals surface area contributed by atoms with E-state index >= 15 is 0 Å². The van der Waals surface area contributed by atoms with Crippen LogP contribution in [-0.2, 0) is 10.0 Å². The lowest BCUT2D eigenvalue weighted by molar-refractivity contribution is 0.0940. The van der Waals surface area contributed by atoms with Crippen molar-refractivity contribution in [3.05, 3.63) is 89.5 Å². The van der Waals surface area contributed by atoms with Gasteiger partial charge in [-0.15, -0.1) is 0 Å². The van der Waals surface area contributed by atoms with Gasteiger partial charge in [0.25, 0.3) is 15.9 Å². The van der Waals surface area contributed by atoms with Crippen LogP contribution in [0.25, 0.3) is 0 Å². The fourth-order valence-electron chi connectivity index (χ4n) is 4.45. The highest BCUT2D eigenvalue weighted by Gasteiger charge is 2.24. The van der Waals surface area contributed by atoms with Gasteiger partial charge in [-0.2, -0.15) is 0 Å². The average molecular weight is 543 g/mol. The van der Waals surface area contributed by atoms with Crippen molar-refractivity contribution in [2.75, 3.05) is 35.8 Å². The van der Waals surface area contributed by atoms with Crippen molar-refractivity contribution in [2.45, 2.75) is 37.8 Å². The number of sulfonamides is 1. The Morgan fingerprint density at radius 2 is 1.42 bits per heavy atom. The minimum Gasteiger partial charge on any atom is -0.367 e. The third kappa shape index (κ3) is 6.49. The van der Waals surface area contributed by atoms with Gasteiger partial charge in [-0.1, -0.05) is 12.1 Å². The van der Waals surface area contributed by atoms with Crippen molar-refractivity contribution in [3.63, 3.8) is 0 Å². The summed E-state index contributed by atoms with van der Waals surface area (Å²) in [4.78, 5) is 17.4. The summed E-state index contributed by atoms with van der Waals surface area (Å²) in [6, 6.07) is 15.3. The number of anilines is 2. The maximum atomic E-state index is 13.4. The zero-order valence-electron chi connectivity index (χ0n) is 21.6. The number of hydrogen-bond acceptors (Lipinski definition) is 5. The van der Waals surface area contributed by atoms with Crippen molar-refractivity contribution in [1.29, 1.82) is 0 Å². The number of nitrogens with one attached hydrogen (secondary N) is 2. The first-order valence-electron chi connectivity index (χ1n) is 12.5. The molecule has 1 aliphatic rings. The Morgan fingerprint density at radius 1 is 0.842 bits per heavy atom. The third-order valence-electron chi connectivity index (χ3n) is 6.73. The molecule has 202 valence electrons. The molecule has 0 saturated carbocycles. The van der Waals surface area contributed by atoms with Crippen LogP contribution in [0.1, 0.15) is 42.7 Å². The number of amides is 1. The lowest BCUT2D eigenvalue weighted by Gasteiger charge is -2.38. The van der Waals surface area contributed by atoms with E-state index in [0.717, 1.165) is 30.8 Å². The number of nitrogens with zero attached hydrogens (tertiary/aromatic N) is 2. The first-order chi connectivity index (χ1) is 18.0. The van der Waals surface area contributed by atoms with E-state index in [1.165, 1.54) is 30.3 Å². The molecule has 1 atom stereocenters. The fourth-order valence-corrected chi connectivity index (χ4v) is 5.51. The quantitative estimate of drug-likeness (QED) is 0.428. The van der Waals surface area contributed by atoms with Crippen LogP contribution < -0.4 is 14.9 Å². The molecule has 1 saturated heterocycles. The smallest absolute Gasteiger partial charge is 0.261 e. The first kappa shape index (κ1) is 27.5. The largest absolute Gasteiger partial charge is 0.367 e. The van der Waals surface area contributed by atoms with Gasteiger partial charge in [-0.3, -0.25) is 14.4 Å². The van der Waals surface area contributed by atoms with Gasteiger partial charge in [-0.05, 0) is 80.9 Å². The molecule has 1 unspecified atom stereocenters. The Morgan fingerprint density at radius 3 is 2.00 bits per heavy atom. The Hall–Kier alpha value is -3.50. The molecule has 0 radical (unpaired) electrons. The number of benzene rings is 3. The van der Waals surface area contributed by atoms with Gasteiger partial charge in [0.1, 0.15) is 11.6 Å². The molecule has 3 aromatic carbocycles. The zero-order valence-corrected chi connectivity index (χ0v) is 22.4. The van der Waals surface area contributed by atoms with Gasteiger partial charge >= 0.3 is 0 Å². The molecule has 0 aliphatic carbocycles. The molecule has 2 N–H and O–H groups in total. The molecule has 7 nitrogen and oxygen atoms in total. The molecule has 3 aromatic rings. The van der Waals surface area contributed by atoms with Crippen LogP contribution in [-0.4, -0.2) is 51.4 Å². The van der Waals surface area contributed by atoms with Crippen molar-refractivity contribution < 1.29 is 22.0 Å². The van der Waals surface area contributed by atoms with E-state index < -0.39 is 27.8 Å². The topological polar surface area (TPSA) is 81.8 Å². The first-order valence-corrected chi connectivity index (χ1v) is 14.0. The van der Waals surface area contributed by atoms with Gasteiger partial charge < -0.3 is 10.2 Å². The number of carbonyl (C=O) groups is 1. The molecule has 1 amide bonds. The van der Waals surface area contributed by atoms with Crippen molar-refractivity contribution in [1.82, 2.24) is 10.2 Å². The van der Waals surface area contributed by atoms with Gasteiger partial charge in [0.2, 0.25) is 0 Å². The normalized spacial score (nSPS) is 15.4. The van der Waals surface area contributed by atoms with Crippen LogP contribution in [0.4, 0.5) is 20.2 Å². The monoisotopic (exact) mass is 542 g/mol. The second-order valence-corrected chi connectivity index (χ2v) is 11.3. The van der Waals surface area contributed by atoms with E-state index in [1.54, 1.807) is 31.2 Å². The summed E-state index contributed by atoms with van der Waals surface area (Å²) < 4.78 is 55.6. The Balaban J connectivity index is 1.62. The van der Waals surface area contributed by atoms with Crippen LogP contribution >= 0.6 is 0 Å². The van der Waals surface area contributed by atoms with E-state index in [0.29, 0.717) is 24.8 Å².